The zero-order valence-electron chi connectivity index (χ0n) is 11.2. The van der Waals surface area contributed by atoms with E-state index in [1.54, 1.807) is 0 Å². The van der Waals surface area contributed by atoms with Gasteiger partial charge in [-0.3, -0.25) is 9.78 Å². The smallest absolute Gasteiger partial charge is 0.253 e. The van der Waals surface area contributed by atoms with Crippen molar-refractivity contribution >= 4 is 5.91 Å². The van der Waals surface area contributed by atoms with Crippen molar-refractivity contribution in [2.75, 3.05) is 13.2 Å². The summed E-state index contributed by atoms with van der Waals surface area (Å²) in [6, 6.07) is 6.90. The van der Waals surface area contributed by atoms with Crippen LogP contribution in [-0.2, 0) is 6.54 Å². The summed E-state index contributed by atoms with van der Waals surface area (Å²) in [6.07, 6.45) is 2.68. The number of carbonyl (C=O) groups is 1. The second-order valence-corrected chi connectivity index (χ2v) is 4.59. The van der Waals surface area contributed by atoms with Gasteiger partial charge in [-0.2, -0.15) is 0 Å². The molecule has 0 saturated carbocycles. The van der Waals surface area contributed by atoms with E-state index in [4.69, 9.17) is 9.47 Å². The van der Waals surface area contributed by atoms with Crippen molar-refractivity contribution in [3.63, 3.8) is 0 Å². The lowest BCUT2D eigenvalue weighted by molar-refractivity contribution is 0.0950. The summed E-state index contributed by atoms with van der Waals surface area (Å²) in [7, 11) is 0. The van der Waals surface area contributed by atoms with Gasteiger partial charge in [-0.25, -0.2) is 0 Å². The van der Waals surface area contributed by atoms with Crippen molar-refractivity contribution < 1.29 is 19.4 Å². The molecular formula is C15H14N2O4. The normalized spacial score (nSPS) is 12.8. The van der Waals surface area contributed by atoms with Gasteiger partial charge >= 0.3 is 0 Å². The maximum atomic E-state index is 11.9. The number of nitrogens with zero attached hydrogens (tertiary/aromatic N) is 1. The highest BCUT2D eigenvalue weighted by atomic mass is 16.6. The lowest BCUT2D eigenvalue weighted by atomic mass is 10.2. The molecule has 0 aliphatic carbocycles. The number of benzene rings is 1. The van der Waals surface area contributed by atoms with E-state index in [0.29, 0.717) is 36.8 Å². The minimum atomic E-state index is -0.298. The van der Waals surface area contributed by atoms with Crippen molar-refractivity contribution in [2.24, 2.45) is 0 Å². The Morgan fingerprint density at radius 3 is 2.81 bits per heavy atom. The van der Waals surface area contributed by atoms with E-state index >= 15 is 0 Å². The minimum absolute atomic E-state index is 0.0398. The number of hydrogen-bond acceptors (Lipinski definition) is 5. The van der Waals surface area contributed by atoms with Gasteiger partial charge in [0.15, 0.2) is 11.5 Å². The van der Waals surface area contributed by atoms with Gasteiger partial charge in [0.1, 0.15) is 19.0 Å². The van der Waals surface area contributed by atoms with Gasteiger partial charge in [0.25, 0.3) is 5.91 Å². The summed E-state index contributed by atoms with van der Waals surface area (Å²) in [6.45, 7) is 1.43. The second kappa shape index (κ2) is 5.70. The minimum Gasteiger partial charge on any atom is -0.506 e. The van der Waals surface area contributed by atoms with Gasteiger partial charge in [-0.05, 0) is 23.8 Å². The van der Waals surface area contributed by atoms with Crippen LogP contribution in [0.1, 0.15) is 15.9 Å². The maximum Gasteiger partial charge on any atom is 0.253 e. The Labute approximate surface area is 121 Å². The summed E-state index contributed by atoms with van der Waals surface area (Å²) in [4.78, 5) is 15.7. The highest BCUT2D eigenvalue weighted by molar-refractivity contribution is 5.94. The van der Waals surface area contributed by atoms with E-state index in [-0.39, 0.29) is 11.7 Å². The lowest BCUT2D eigenvalue weighted by Gasteiger charge is -2.19. The van der Waals surface area contributed by atoms with Crippen LogP contribution in [0.3, 0.4) is 0 Å². The van der Waals surface area contributed by atoms with Gasteiger partial charge in [0.05, 0.1) is 11.8 Å². The predicted octanol–water partition coefficient (Wildman–Crippen LogP) is 1.49. The summed E-state index contributed by atoms with van der Waals surface area (Å²) in [5.41, 5.74) is 1.22. The van der Waals surface area contributed by atoms with Crippen molar-refractivity contribution in [3.05, 3.63) is 47.8 Å². The molecule has 2 heterocycles. The summed E-state index contributed by atoms with van der Waals surface area (Å²) in [5.74, 6) is 1.07. The third kappa shape index (κ3) is 3.05. The lowest BCUT2D eigenvalue weighted by Crippen LogP contribution is -2.23. The van der Waals surface area contributed by atoms with E-state index in [2.05, 4.69) is 10.3 Å². The number of hydrogen-bond donors (Lipinski definition) is 2. The topological polar surface area (TPSA) is 80.7 Å². The van der Waals surface area contributed by atoms with E-state index in [1.165, 1.54) is 18.5 Å². The van der Waals surface area contributed by atoms with Crippen LogP contribution in [0.2, 0.25) is 0 Å². The molecule has 108 valence electrons. The number of nitrogens with one attached hydrogen (secondary N) is 1. The fraction of sp³-hybridized carbons (Fsp3) is 0.200. The summed E-state index contributed by atoms with van der Waals surface area (Å²) >= 11 is 0. The SMILES string of the molecule is O=C(NCc1ccc2c(c1)OCCO2)c1cncc(O)c1. The van der Waals surface area contributed by atoms with Crippen molar-refractivity contribution in [3.8, 4) is 17.2 Å². The van der Waals surface area contributed by atoms with Crippen molar-refractivity contribution in [1.82, 2.24) is 10.3 Å². The van der Waals surface area contributed by atoms with E-state index in [9.17, 15) is 9.90 Å². The highest BCUT2D eigenvalue weighted by Crippen LogP contribution is 2.30. The first-order chi connectivity index (χ1) is 10.2. The zero-order valence-corrected chi connectivity index (χ0v) is 11.2. The molecule has 3 rings (SSSR count). The van der Waals surface area contributed by atoms with Gasteiger partial charge in [-0.15, -0.1) is 0 Å². The molecule has 6 nitrogen and oxygen atoms in total. The third-order valence-corrected chi connectivity index (χ3v) is 3.05. The van der Waals surface area contributed by atoms with Crippen LogP contribution in [0.5, 0.6) is 17.2 Å². The number of aromatic hydroxyl groups is 1. The van der Waals surface area contributed by atoms with E-state index in [1.807, 2.05) is 18.2 Å². The average Bonchev–Trinajstić information content (AvgIpc) is 2.52. The van der Waals surface area contributed by atoms with Crippen LogP contribution < -0.4 is 14.8 Å². The molecule has 1 aliphatic rings. The first-order valence-electron chi connectivity index (χ1n) is 6.53. The Kier molecular flexibility index (Phi) is 3.59. The number of carbonyl (C=O) groups excluding carboxylic acids is 1. The molecular weight excluding hydrogens is 272 g/mol. The first kappa shape index (κ1) is 13.2. The quantitative estimate of drug-likeness (QED) is 0.893. The number of aromatic nitrogens is 1. The third-order valence-electron chi connectivity index (χ3n) is 3.05. The largest absolute Gasteiger partial charge is 0.506 e. The van der Waals surface area contributed by atoms with E-state index in [0.717, 1.165) is 5.56 Å². The number of rotatable bonds is 3. The molecule has 2 aromatic rings. The Morgan fingerprint density at radius 2 is 2.00 bits per heavy atom. The molecule has 0 spiro atoms. The molecule has 1 aromatic heterocycles. The molecule has 2 N–H and O–H groups in total. The maximum absolute atomic E-state index is 11.9. The Morgan fingerprint density at radius 1 is 1.19 bits per heavy atom. The molecule has 0 atom stereocenters. The molecule has 1 aliphatic heterocycles. The fourth-order valence-electron chi connectivity index (χ4n) is 2.03. The first-order valence-corrected chi connectivity index (χ1v) is 6.53. The van der Waals surface area contributed by atoms with Crippen LogP contribution in [-0.4, -0.2) is 29.2 Å². The summed E-state index contributed by atoms with van der Waals surface area (Å²) in [5, 5.41) is 12.1. The van der Waals surface area contributed by atoms with Crippen molar-refractivity contribution in [1.29, 1.82) is 0 Å². The number of pyridine rings is 1. The second-order valence-electron chi connectivity index (χ2n) is 4.59. The zero-order chi connectivity index (χ0) is 14.7. The van der Waals surface area contributed by atoms with Crippen molar-refractivity contribution in [2.45, 2.75) is 6.54 Å². The molecule has 0 saturated heterocycles. The number of fused-ring (bicyclic) bond motifs is 1. The standard InChI is InChI=1S/C15H14N2O4/c18-12-6-11(8-16-9-12)15(19)17-7-10-1-2-13-14(5-10)21-4-3-20-13/h1-2,5-6,8-9,18H,3-4,7H2,(H,17,19). The van der Waals surface area contributed by atoms with Gasteiger partial charge in [0, 0.05) is 12.7 Å². The Hall–Kier alpha value is -2.76. The highest BCUT2D eigenvalue weighted by Gasteiger charge is 2.12. The van der Waals surface area contributed by atoms with Crippen LogP contribution in [0, 0.1) is 0 Å². The molecule has 1 amide bonds. The van der Waals surface area contributed by atoms with Gasteiger partial charge in [0.2, 0.25) is 0 Å². The van der Waals surface area contributed by atoms with E-state index < -0.39 is 0 Å². The van der Waals surface area contributed by atoms with Crippen LogP contribution in [0.15, 0.2) is 36.7 Å². The molecule has 21 heavy (non-hydrogen) atoms. The predicted molar refractivity (Wildman–Crippen MR) is 74.5 cm³/mol. The van der Waals surface area contributed by atoms with Gasteiger partial charge < -0.3 is 19.9 Å². The Bertz CT molecular complexity index is 672. The monoisotopic (exact) mass is 286 g/mol. The molecule has 0 fully saturated rings. The summed E-state index contributed by atoms with van der Waals surface area (Å²) < 4.78 is 10.9. The van der Waals surface area contributed by atoms with Crippen LogP contribution >= 0.6 is 0 Å². The molecule has 0 unspecified atom stereocenters. The van der Waals surface area contributed by atoms with Gasteiger partial charge in [-0.1, -0.05) is 6.07 Å². The molecule has 1 aromatic carbocycles. The number of amides is 1. The average molecular weight is 286 g/mol. The Balaban J connectivity index is 1.66. The van der Waals surface area contributed by atoms with Crippen LogP contribution in [0.4, 0.5) is 0 Å². The molecule has 0 bridgehead atoms. The molecule has 0 radical (unpaired) electrons. The fourth-order valence-corrected chi connectivity index (χ4v) is 2.03. The van der Waals surface area contributed by atoms with Crippen LogP contribution in [0.25, 0.3) is 0 Å². The number of ether oxygens (including phenoxy) is 2. The molecule has 6 heteroatoms.